The van der Waals surface area contributed by atoms with Gasteiger partial charge in [-0.15, -0.1) is 0 Å². The summed E-state index contributed by atoms with van der Waals surface area (Å²) in [5.41, 5.74) is 4.40. The van der Waals surface area contributed by atoms with Crippen molar-refractivity contribution in [2.75, 3.05) is 20.7 Å². The van der Waals surface area contributed by atoms with Gasteiger partial charge in [0.15, 0.2) is 6.61 Å². The number of carbonyl (C=O) groups is 2. The first kappa shape index (κ1) is 16.8. The van der Waals surface area contributed by atoms with E-state index >= 15 is 0 Å². The van der Waals surface area contributed by atoms with Crippen molar-refractivity contribution >= 4 is 11.9 Å². The zero-order chi connectivity index (χ0) is 17.1. The Hall–Kier alpha value is -2.56. The van der Waals surface area contributed by atoms with Gasteiger partial charge in [0.05, 0.1) is 5.56 Å². The molecule has 0 saturated heterocycles. The van der Waals surface area contributed by atoms with Crippen LogP contribution < -0.4 is 0 Å². The quantitative estimate of drug-likeness (QED) is 0.815. The van der Waals surface area contributed by atoms with E-state index in [0.29, 0.717) is 5.56 Å². The van der Waals surface area contributed by atoms with Gasteiger partial charge in [0, 0.05) is 31.2 Å². The van der Waals surface area contributed by atoms with Gasteiger partial charge in [-0.2, -0.15) is 0 Å². The molecule has 0 spiro atoms. The third-order valence-electron chi connectivity index (χ3n) is 3.77. The van der Waals surface area contributed by atoms with Crippen molar-refractivity contribution in [3.63, 3.8) is 0 Å². The van der Waals surface area contributed by atoms with E-state index in [2.05, 4.69) is 0 Å². The van der Waals surface area contributed by atoms with E-state index in [-0.39, 0.29) is 12.5 Å². The summed E-state index contributed by atoms with van der Waals surface area (Å²) in [5, 5.41) is 0. The Kier molecular flexibility index (Phi) is 4.89. The first-order chi connectivity index (χ1) is 10.8. The van der Waals surface area contributed by atoms with Gasteiger partial charge in [-0.25, -0.2) is 4.79 Å². The van der Waals surface area contributed by atoms with Gasteiger partial charge in [0.1, 0.15) is 0 Å². The van der Waals surface area contributed by atoms with Crippen LogP contribution in [0.4, 0.5) is 0 Å². The number of carbonyl (C=O) groups excluding carboxylic acids is 2. The zero-order valence-corrected chi connectivity index (χ0v) is 14.2. The molecule has 0 unspecified atom stereocenters. The summed E-state index contributed by atoms with van der Waals surface area (Å²) in [4.78, 5) is 25.2. The monoisotopic (exact) mass is 314 g/mol. The van der Waals surface area contributed by atoms with Crippen molar-refractivity contribution in [1.29, 1.82) is 0 Å². The number of aryl methyl sites for hydroxylation is 2. The molecule has 0 atom stereocenters. The van der Waals surface area contributed by atoms with E-state index in [1.807, 2.05) is 49.6 Å². The first-order valence-electron chi connectivity index (χ1n) is 7.44. The summed E-state index contributed by atoms with van der Waals surface area (Å²) in [7, 11) is 3.25. The smallest absolute Gasteiger partial charge is 0.340 e. The van der Waals surface area contributed by atoms with Crippen molar-refractivity contribution in [2.45, 2.75) is 20.8 Å². The number of ether oxygens (including phenoxy) is 1. The third-order valence-corrected chi connectivity index (χ3v) is 3.77. The minimum atomic E-state index is -0.480. The van der Waals surface area contributed by atoms with Gasteiger partial charge in [-0.3, -0.25) is 4.79 Å². The molecule has 0 aliphatic heterocycles. The highest BCUT2D eigenvalue weighted by Gasteiger charge is 2.19. The molecule has 2 aromatic rings. The van der Waals surface area contributed by atoms with Crippen LogP contribution in [0.5, 0.6) is 0 Å². The Morgan fingerprint density at radius 2 is 1.70 bits per heavy atom. The van der Waals surface area contributed by atoms with Crippen LogP contribution in [0.3, 0.4) is 0 Å². The highest BCUT2D eigenvalue weighted by molar-refractivity contribution is 5.93. The molecule has 2 rings (SSSR count). The average Bonchev–Trinajstić information content (AvgIpc) is 2.80. The van der Waals surface area contributed by atoms with Crippen LogP contribution in [0.25, 0.3) is 5.69 Å². The second-order valence-corrected chi connectivity index (χ2v) is 5.82. The zero-order valence-electron chi connectivity index (χ0n) is 14.2. The van der Waals surface area contributed by atoms with E-state index in [9.17, 15) is 9.59 Å². The van der Waals surface area contributed by atoms with E-state index < -0.39 is 5.97 Å². The molecule has 122 valence electrons. The highest BCUT2D eigenvalue weighted by Crippen LogP contribution is 2.21. The van der Waals surface area contributed by atoms with E-state index in [1.165, 1.54) is 10.5 Å². The number of rotatable bonds is 4. The molecule has 0 aliphatic carbocycles. The number of aromatic nitrogens is 1. The third kappa shape index (κ3) is 3.62. The lowest BCUT2D eigenvalue weighted by Gasteiger charge is -2.11. The van der Waals surface area contributed by atoms with Gasteiger partial charge in [0.2, 0.25) is 0 Å². The number of amides is 1. The van der Waals surface area contributed by atoms with Crippen molar-refractivity contribution < 1.29 is 14.3 Å². The van der Waals surface area contributed by atoms with Crippen molar-refractivity contribution in [3.05, 3.63) is 52.8 Å². The molecular formula is C18H22N2O3. The lowest BCUT2D eigenvalue weighted by atomic mass is 10.2. The second-order valence-electron chi connectivity index (χ2n) is 5.82. The van der Waals surface area contributed by atoms with Crippen LogP contribution in [-0.4, -0.2) is 42.0 Å². The number of benzene rings is 1. The molecule has 1 amide bonds. The predicted octanol–water partition coefficient (Wildman–Crippen LogP) is 2.65. The summed E-state index contributed by atoms with van der Waals surface area (Å²) in [6, 6.07) is 9.88. The minimum absolute atomic E-state index is 0.245. The van der Waals surface area contributed by atoms with E-state index in [1.54, 1.807) is 20.2 Å². The highest BCUT2D eigenvalue weighted by atomic mass is 16.5. The molecule has 0 bridgehead atoms. The molecule has 1 aromatic heterocycles. The lowest BCUT2D eigenvalue weighted by Crippen LogP contribution is -2.27. The first-order valence-corrected chi connectivity index (χ1v) is 7.44. The molecule has 5 nitrogen and oxygen atoms in total. The van der Waals surface area contributed by atoms with Gasteiger partial charge in [-0.1, -0.05) is 17.7 Å². The molecule has 1 heterocycles. The van der Waals surface area contributed by atoms with Crippen molar-refractivity contribution in [2.24, 2.45) is 0 Å². The fourth-order valence-electron chi connectivity index (χ4n) is 2.39. The van der Waals surface area contributed by atoms with Crippen LogP contribution in [0.2, 0.25) is 0 Å². The Morgan fingerprint density at radius 3 is 2.26 bits per heavy atom. The van der Waals surface area contributed by atoms with Crippen LogP contribution in [0.15, 0.2) is 30.3 Å². The Bertz CT molecular complexity index is 727. The van der Waals surface area contributed by atoms with Crippen LogP contribution >= 0.6 is 0 Å². The number of hydrogen-bond acceptors (Lipinski definition) is 3. The number of hydrogen-bond donors (Lipinski definition) is 0. The number of esters is 1. The summed E-state index contributed by atoms with van der Waals surface area (Å²) in [6.07, 6.45) is 0. The Balaban J connectivity index is 2.25. The van der Waals surface area contributed by atoms with Crippen LogP contribution in [-0.2, 0) is 9.53 Å². The second kappa shape index (κ2) is 6.69. The van der Waals surface area contributed by atoms with E-state index in [0.717, 1.165) is 17.1 Å². The predicted molar refractivity (Wildman–Crippen MR) is 89.0 cm³/mol. The minimum Gasteiger partial charge on any atom is -0.452 e. The average molecular weight is 314 g/mol. The summed E-state index contributed by atoms with van der Waals surface area (Å²) < 4.78 is 7.12. The molecule has 1 aromatic carbocycles. The van der Waals surface area contributed by atoms with Crippen molar-refractivity contribution in [1.82, 2.24) is 9.47 Å². The van der Waals surface area contributed by atoms with Gasteiger partial charge >= 0.3 is 5.97 Å². The molecular weight excluding hydrogens is 292 g/mol. The lowest BCUT2D eigenvalue weighted by molar-refractivity contribution is -0.131. The molecule has 0 aliphatic rings. The van der Waals surface area contributed by atoms with Gasteiger partial charge in [-0.05, 0) is 39.0 Å². The summed E-state index contributed by atoms with van der Waals surface area (Å²) >= 11 is 0. The standard InChI is InChI=1S/C18H22N2O3/c1-12-6-8-15(9-7-12)20-13(2)10-16(14(20)3)18(22)23-11-17(21)19(4)5/h6-10H,11H2,1-5H3. The number of nitrogens with zero attached hydrogens (tertiary/aromatic N) is 2. The molecule has 5 heteroatoms. The Morgan fingerprint density at radius 1 is 1.09 bits per heavy atom. The summed E-state index contributed by atoms with van der Waals surface area (Å²) in [5.74, 6) is -0.725. The maximum Gasteiger partial charge on any atom is 0.340 e. The molecule has 0 radical (unpaired) electrons. The largest absolute Gasteiger partial charge is 0.452 e. The maximum atomic E-state index is 12.2. The fourth-order valence-corrected chi connectivity index (χ4v) is 2.39. The van der Waals surface area contributed by atoms with Crippen LogP contribution in [0, 0.1) is 20.8 Å². The molecule has 0 fully saturated rings. The SMILES string of the molecule is Cc1ccc(-n2c(C)cc(C(=O)OCC(=O)N(C)C)c2C)cc1. The van der Waals surface area contributed by atoms with E-state index in [4.69, 9.17) is 4.74 Å². The van der Waals surface area contributed by atoms with Gasteiger partial charge in [0.25, 0.3) is 5.91 Å². The molecule has 0 N–H and O–H groups in total. The maximum absolute atomic E-state index is 12.2. The number of likely N-dealkylation sites (N-methyl/N-ethyl adjacent to an activating group) is 1. The Labute approximate surface area is 136 Å². The van der Waals surface area contributed by atoms with Gasteiger partial charge < -0.3 is 14.2 Å². The van der Waals surface area contributed by atoms with Crippen molar-refractivity contribution in [3.8, 4) is 5.69 Å². The topological polar surface area (TPSA) is 51.5 Å². The normalized spacial score (nSPS) is 10.5. The fraction of sp³-hybridized carbons (Fsp3) is 0.333. The van der Waals surface area contributed by atoms with Crippen LogP contribution in [0.1, 0.15) is 27.3 Å². The molecule has 23 heavy (non-hydrogen) atoms. The summed E-state index contributed by atoms with van der Waals surface area (Å²) in [6.45, 7) is 5.59. The molecule has 0 saturated carbocycles.